The number of nitrogens with zero attached hydrogens (tertiary/aromatic N) is 1. The molecule has 15 heavy (non-hydrogen) atoms. The Kier molecular flexibility index (Phi) is 1.47. The Morgan fingerprint density at radius 2 is 1.73 bits per heavy atom. The highest BCUT2D eigenvalue weighted by molar-refractivity contribution is 5.30. The molecular weight excluding hydrogens is 182 g/mol. The molecule has 1 heteroatoms. The van der Waals surface area contributed by atoms with Crippen LogP contribution in [0.5, 0.6) is 0 Å². The van der Waals surface area contributed by atoms with E-state index < -0.39 is 0 Å². The Balaban J connectivity index is 1.84. The van der Waals surface area contributed by atoms with Crippen LogP contribution in [0.2, 0.25) is 0 Å². The van der Waals surface area contributed by atoms with E-state index in [2.05, 4.69) is 24.0 Å². The fourth-order valence-corrected chi connectivity index (χ4v) is 5.63. The van der Waals surface area contributed by atoms with E-state index in [1.54, 1.807) is 0 Å². The lowest BCUT2D eigenvalue weighted by Gasteiger charge is -2.40. The lowest BCUT2D eigenvalue weighted by molar-refractivity contribution is 0.120. The van der Waals surface area contributed by atoms with Crippen LogP contribution in [0.1, 0.15) is 32.6 Å². The maximum Gasteiger partial charge on any atom is 0.00498 e. The van der Waals surface area contributed by atoms with Crippen molar-refractivity contribution in [2.24, 2.45) is 22.7 Å². The van der Waals surface area contributed by atoms with Crippen LogP contribution in [-0.4, -0.2) is 24.5 Å². The third-order valence-electron chi connectivity index (χ3n) is 6.20. The molecule has 3 aliphatic carbocycles. The van der Waals surface area contributed by atoms with Crippen LogP contribution in [-0.2, 0) is 0 Å². The fraction of sp³-hybridized carbons (Fsp3) is 0.857. The monoisotopic (exact) mass is 203 g/mol. The molecule has 1 heterocycles. The van der Waals surface area contributed by atoms with E-state index in [9.17, 15) is 0 Å². The molecule has 2 saturated carbocycles. The van der Waals surface area contributed by atoms with Gasteiger partial charge in [-0.2, -0.15) is 0 Å². The van der Waals surface area contributed by atoms with Crippen molar-refractivity contribution in [1.82, 2.24) is 4.90 Å². The van der Waals surface area contributed by atoms with Gasteiger partial charge in [-0.25, -0.2) is 0 Å². The van der Waals surface area contributed by atoms with Crippen molar-refractivity contribution in [3.8, 4) is 0 Å². The van der Waals surface area contributed by atoms with E-state index in [4.69, 9.17) is 0 Å². The number of hydrogen-bond acceptors (Lipinski definition) is 1. The maximum atomic E-state index is 2.73. The summed E-state index contributed by atoms with van der Waals surface area (Å²) in [5.41, 5.74) is 1.45. The van der Waals surface area contributed by atoms with Crippen molar-refractivity contribution in [3.05, 3.63) is 12.2 Å². The Morgan fingerprint density at radius 1 is 1.13 bits per heavy atom. The van der Waals surface area contributed by atoms with Crippen LogP contribution >= 0.6 is 0 Å². The molecule has 1 saturated heterocycles. The normalized spacial score (nSPS) is 56.3. The molecule has 3 fully saturated rings. The number of allylic oxidation sites excluding steroid dienone is 2. The van der Waals surface area contributed by atoms with E-state index in [1.807, 2.05) is 0 Å². The minimum absolute atomic E-state index is 0.725. The van der Waals surface area contributed by atoms with Gasteiger partial charge in [0, 0.05) is 13.1 Å². The molecule has 2 bridgehead atoms. The van der Waals surface area contributed by atoms with Gasteiger partial charge in [-0.05, 0) is 48.5 Å². The summed E-state index contributed by atoms with van der Waals surface area (Å²) >= 11 is 0. The molecule has 0 aromatic carbocycles. The van der Waals surface area contributed by atoms with Gasteiger partial charge >= 0.3 is 0 Å². The van der Waals surface area contributed by atoms with Crippen LogP contribution < -0.4 is 0 Å². The van der Waals surface area contributed by atoms with E-state index in [0.717, 1.165) is 22.7 Å². The zero-order chi connectivity index (χ0) is 10.1. The van der Waals surface area contributed by atoms with Gasteiger partial charge in [0.15, 0.2) is 0 Å². The Morgan fingerprint density at radius 3 is 2.27 bits per heavy atom. The summed E-state index contributed by atoms with van der Waals surface area (Å²) in [6, 6.07) is 0. The fourth-order valence-electron chi connectivity index (χ4n) is 5.63. The number of hydrogen-bond donors (Lipinski definition) is 0. The molecule has 4 rings (SSSR count). The summed E-state index contributed by atoms with van der Waals surface area (Å²) in [5.74, 6) is 1.89. The quantitative estimate of drug-likeness (QED) is 0.592. The molecule has 1 aliphatic heterocycles. The van der Waals surface area contributed by atoms with Gasteiger partial charge in [-0.15, -0.1) is 0 Å². The van der Waals surface area contributed by atoms with Crippen molar-refractivity contribution >= 4 is 0 Å². The third kappa shape index (κ3) is 0.759. The largest absolute Gasteiger partial charge is 0.302 e. The van der Waals surface area contributed by atoms with Crippen LogP contribution in [0.4, 0.5) is 0 Å². The molecule has 0 aromatic heterocycles. The topological polar surface area (TPSA) is 3.24 Å². The molecule has 0 aromatic rings. The van der Waals surface area contributed by atoms with Crippen molar-refractivity contribution < 1.29 is 0 Å². The van der Waals surface area contributed by atoms with Gasteiger partial charge in [0.25, 0.3) is 0 Å². The molecule has 1 nitrogen and oxygen atoms in total. The van der Waals surface area contributed by atoms with E-state index in [-0.39, 0.29) is 0 Å². The van der Waals surface area contributed by atoms with Crippen LogP contribution in [0.25, 0.3) is 0 Å². The Bertz CT molecular complexity index is 306. The van der Waals surface area contributed by atoms with Crippen molar-refractivity contribution in [2.45, 2.75) is 32.6 Å². The zero-order valence-corrected chi connectivity index (χ0v) is 9.71. The first-order chi connectivity index (χ1) is 7.31. The van der Waals surface area contributed by atoms with Crippen LogP contribution in [0, 0.1) is 22.7 Å². The molecular formula is C14H21N. The summed E-state index contributed by atoms with van der Waals surface area (Å²) in [6.07, 6.45) is 11.2. The molecule has 82 valence electrons. The molecule has 0 N–H and O–H groups in total. The second-order valence-electron chi connectivity index (χ2n) is 6.30. The molecule has 4 aliphatic rings. The maximum absolute atomic E-state index is 2.73. The lowest BCUT2D eigenvalue weighted by atomic mass is 9.62. The smallest absolute Gasteiger partial charge is 0.00498 e. The number of likely N-dealkylation sites (tertiary alicyclic amines) is 1. The minimum Gasteiger partial charge on any atom is -0.302 e. The van der Waals surface area contributed by atoms with Gasteiger partial charge in [0.1, 0.15) is 0 Å². The van der Waals surface area contributed by atoms with Gasteiger partial charge in [-0.3, -0.25) is 0 Å². The van der Waals surface area contributed by atoms with Crippen molar-refractivity contribution in [2.75, 3.05) is 19.6 Å². The van der Waals surface area contributed by atoms with Gasteiger partial charge < -0.3 is 4.90 Å². The summed E-state index contributed by atoms with van der Waals surface area (Å²) in [5, 5.41) is 0. The standard InChI is InChI=1S/C14H21N/c1-2-15-9-13-6-3-7-14(13,10-15)12-5-4-11(13)8-12/h4-5,11-12H,2-3,6-10H2,1H3. The summed E-state index contributed by atoms with van der Waals surface area (Å²) in [6.45, 7) is 6.42. The van der Waals surface area contributed by atoms with E-state index in [1.165, 1.54) is 45.3 Å². The summed E-state index contributed by atoms with van der Waals surface area (Å²) in [4.78, 5) is 2.73. The first-order valence-electron chi connectivity index (χ1n) is 6.71. The highest BCUT2D eigenvalue weighted by atomic mass is 15.2. The SMILES string of the molecule is CCN1CC23CCCC2(C1)C1C=CC3C1. The average Bonchev–Trinajstić information content (AvgIpc) is 2.91. The average molecular weight is 203 g/mol. The molecule has 0 radical (unpaired) electrons. The number of fused-ring (bicyclic) bond motifs is 2. The van der Waals surface area contributed by atoms with Gasteiger partial charge in [0.05, 0.1) is 0 Å². The lowest BCUT2D eigenvalue weighted by Crippen LogP contribution is -2.39. The molecule has 0 spiro atoms. The van der Waals surface area contributed by atoms with Crippen LogP contribution in [0.3, 0.4) is 0 Å². The Labute approximate surface area is 92.5 Å². The van der Waals surface area contributed by atoms with Gasteiger partial charge in [-0.1, -0.05) is 25.5 Å². The summed E-state index contributed by atoms with van der Waals surface area (Å²) in [7, 11) is 0. The first kappa shape index (κ1) is 8.81. The van der Waals surface area contributed by atoms with Crippen LogP contribution in [0.15, 0.2) is 12.2 Å². The third-order valence-corrected chi connectivity index (χ3v) is 6.20. The first-order valence-corrected chi connectivity index (χ1v) is 6.71. The predicted octanol–water partition coefficient (Wildman–Crippen LogP) is 2.68. The highest BCUT2D eigenvalue weighted by Crippen LogP contribution is 2.73. The second-order valence-corrected chi connectivity index (χ2v) is 6.30. The molecule has 0 amide bonds. The zero-order valence-electron chi connectivity index (χ0n) is 9.71. The highest BCUT2D eigenvalue weighted by Gasteiger charge is 2.70. The molecule has 4 atom stereocenters. The van der Waals surface area contributed by atoms with Crippen molar-refractivity contribution in [3.63, 3.8) is 0 Å². The minimum atomic E-state index is 0.725. The Hall–Kier alpha value is -0.300. The van der Waals surface area contributed by atoms with E-state index >= 15 is 0 Å². The van der Waals surface area contributed by atoms with E-state index in [0.29, 0.717) is 0 Å². The second kappa shape index (κ2) is 2.51. The van der Waals surface area contributed by atoms with Gasteiger partial charge in [0.2, 0.25) is 0 Å². The molecule has 4 unspecified atom stereocenters. The number of rotatable bonds is 1. The summed E-state index contributed by atoms with van der Waals surface area (Å²) < 4.78 is 0. The predicted molar refractivity (Wildman–Crippen MR) is 61.6 cm³/mol. The van der Waals surface area contributed by atoms with Crippen molar-refractivity contribution in [1.29, 1.82) is 0 Å².